The molecule has 6 nitrogen and oxygen atoms in total. The van der Waals surface area contributed by atoms with Crippen molar-refractivity contribution in [3.63, 3.8) is 0 Å². The van der Waals surface area contributed by atoms with E-state index in [-0.39, 0.29) is 17.9 Å². The van der Waals surface area contributed by atoms with Gasteiger partial charge in [-0.2, -0.15) is 4.98 Å². The second kappa shape index (κ2) is 5.69. The van der Waals surface area contributed by atoms with Crippen molar-refractivity contribution in [2.24, 2.45) is 5.84 Å². The molecule has 0 aromatic carbocycles. The van der Waals surface area contributed by atoms with Crippen molar-refractivity contribution in [1.29, 1.82) is 0 Å². The fourth-order valence-corrected chi connectivity index (χ4v) is 1.10. The van der Waals surface area contributed by atoms with Gasteiger partial charge in [0.15, 0.2) is 0 Å². The first-order valence-corrected chi connectivity index (χ1v) is 4.70. The van der Waals surface area contributed by atoms with Crippen LogP contribution in [0.3, 0.4) is 0 Å². The molecule has 0 saturated heterocycles. The van der Waals surface area contributed by atoms with E-state index in [1.807, 2.05) is 6.92 Å². The molecule has 1 atom stereocenters. The standard InChI is InChI=1S/C8H13ClN4O2/c1-5(4-14-2)15-7-6(9)3-11-8(12-7)13-10/h3,5H,4,10H2,1-2H3,(H,11,12,13). The van der Waals surface area contributed by atoms with Crippen molar-refractivity contribution < 1.29 is 9.47 Å². The molecule has 0 aliphatic rings. The molecule has 3 N–H and O–H groups in total. The molecule has 1 aromatic heterocycles. The molecule has 0 spiro atoms. The summed E-state index contributed by atoms with van der Waals surface area (Å²) in [5, 5.41) is 0.331. The van der Waals surface area contributed by atoms with Crippen LogP contribution in [-0.2, 0) is 4.74 Å². The predicted octanol–water partition coefficient (Wildman–Crippen LogP) is 0.829. The molecule has 0 bridgehead atoms. The number of aromatic nitrogens is 2. The van der Waals surface area contributed by atoms with Gasteiger partial charge in [-0.3, -0.25) is 5.43 Å². The lowest BCUT2D eigenvalue weighted by Gasteiger charge is -2.13. The van der Waals surface area contributed by atoms with Gasteiger partial charge in [-0.25, -0.2) is 10.8 Å². The predicted molar refractivity (Wildman–Crippen MR) is 56.8 cm³/mol. The minimum absolute atomic E-state index is 0.145. The SMILES string of the molecule is COCC(C)Oc1nc(NN)ncc1Cl. The normalized spacial score (nSPS) is 12.3. The Balaban J connectivity index is 2.74. The number of anilines is 1. The van der Waals surface area contributed by atoms with Crippen molar-refractivity contribution in [2.45, 2.75) is 13.0 Å². The fraction of sp³-hybridized carbons (Fsp3) is 0.500. The summed E-state index contributed by atoms with van der Waals surface area (Å²) in [7, 11) is 1.59. The Kier molecular flexibility index (Phi) is 4.54. The summed E-state index contributed by atoms with van der Waals surface area (Å²) in [5.41, 5.74) is 2.31. The molecule has 1 aromatic rings. The number of nitrogens with zero attached hydrogens (tertiary/aromatic N) is 2. The number of rotatable bonds is 5. The molecular weight excluding hydrogens is 220 g/mol. The smallest absolute Gasteiger partial charge is 0.240 e. The summed E-state index contributed by atoms with van der Waals surface area (Å²) in [6, 6.07) is 0. The van der Waals surface area contributed by atoms with Crippen LogP contribution in [0.4, 0.5) is 5.95 Å². The first-order valence-electron chi connectivity index (χ1n) is 4.32. The maximum Gasteiger partial charge on any atom is 0.240 e. The van der Waals surface area contributed by atoms with Crippen molar-refractivity contribution in [2.75, 3.05) is 19.1 Å². The Labute approximate surface area is 92.7 Å². The largest absolute Gasteiger partial charge is 0.471 e. The van der Waals surface area contributed by atoms with Crippen LogP contribution in [0.5, 0.6) is 5.88 Å². The first kappa shape index (κ1) is 12.0. The average Bonchev–Trinajstić information content (AvgIpc) is 2.21. The zero-order valence-corrected chi connectivity index (χ0v) is 9.28. The molecule has 7 heteroatoms. The molecule has 1 heterocycles. The summed E-state index contributed by atoms with van der Waals surface area (Å²) in [4.78, 5) is 7.78. The third kappa shape index (κ3) is 3.50. The summed E-state index contributed by atoms with van der Waals surface area (Å²) in [6.07, 6.45) is 1.27. The maximum atomic E-state index is 5.84. The topological polar surface area (TPSA) is 82.3 Å². The zero-order chi connectivity index (χ0) is 11.3. The number of hydrogen-bond donors (Lipinski definition) is 2. The van der Waals surface area contributed by atoms with Gasteiger partial charge in [-0.1, -0.05) is 11.6 Å². The van der Waals surface area contributed by atoms with Gasteiger partial charge < -0.3 is 9.47 Å². The Bertz CT molecular complexity index is 324. The van der Waals surface area contributed by atoms with E-state index in [4.69, 9.17) is 26.9 Å². The third-order valence-corrected chi connectivity index (χ3v) is 1.81. The molecule has 1 unspecified atom stereocenters. The maximum absolute atomic E-state index is 5.84. The van der Waals surface area contributed by atoms with Crippen molar-refractivity contribution in [1.82, 2.24) is 9.97 Å². The highest BCUT2D eigenvalue weighted by Crippen LogP contribution is 2.22. The second-order valence-corrected chi connectivity index (χ2v) is 3.28. The number of hydrazine groups is 1. The van der Waals surface area contributed by atoms with Crippen LogP contribution in [0.2, 0.25) is 5.02 Å². The van der Waals surface area contributed by atoms with Gasteiger partial charge in [0.2, 0.25) is 11.8 Å². The van der Waals surface area contributed by atoms with Gasteiger partial charge in [-0.15, -0.1) is 0 Å². The van der Waals surface area contributed by atoms with Crippen LogP contribution >= 0.6 is 11.6 Å². The van der Waals surface area contributed by atoms with E-state index < -0.39 is 0 Å². The summed E-state index contributed by atoms with van der Waals surface area (Å²) < 4.78 is 10.3. The van der Waals surface area contributed by atoms with Gasteiger partial charge >= 0.3 is 0 Å². The van der Waals surface area contributed by atoms with Crippen LogP contribution in [0.1, 0.15) is 6.92 Å². The van der Waals surface area contributed by atoms with Gasteiger partial charge in [0.05, 0.1) is 12.8 Å². The van der Waals surface area contributed by atoms with Gasteiger partial charge in [0.25, 0.3) is 0 Å². The zero-order valence-electron chi connectivity index (χ0n) is 8.53. The van der Waals surface area contributed by atoms with Gasteiger partial charge in [0.1, 0.15) is 11.1 Å². The lowest BCUT2D eigenvalue weighted by molar-refractivity contribution is 0.0890. The van der Waals surface area contributed by atoms with Crippen LogP contribution in [0.15, 0.2) is 6.20 Å². The molecule has 84 valence electrons. The van der Waals surface area contributed by atoms with Crippen molar-refractivity contribution in [3.8, 4) is 5.88 Å². The number of nitrogens with two attached hydrogens (primary N) is 1. The second-order valence-electron chi connectivity index (χ2n) is 2.87. The van der Waals surface area contributed by atoms with E-state index in [2.05, 4.69) is 15.4 Å². The third-order valence-electron chi connectivity index (χ3n) is 1.56. The highest BCUT2D eigenvalue weighted by molar-refractivity contribution is 6.31. The van der Waals surface area contributed by atoms with Gasteiger partial charge in [0, 0.05) is 7.11 Å². The Hall–Kier alpha value is -1.11. The minimum Gasteiger partial charge on any atom is -0.471 e. The molecule has 0 fully saturated rings. The van der Waals surface area contributed by atoms with Crippen LogP contribution in [0.25, 0.3) is 0 Å². The van der Waals surface area contributed by atoms with E-state index in [1.54, 1.807) is 7.11 Å². The molecule has 0 radical (unpaired) electrons. The monoisotopic (exact) mass is 232 g/mol. The molecule has 0 amide bonds. The van der Waals surface area contributed by atoms with Crippen molar-refractivity contribution in [3.05, 3.63) is 11.2 Å². The van der Waals surface area contributed by atoms with Crippen LogP contribution in [0, 0.1) is 0 Å². The van der Waals surface area contributed by atoms with Gasteiger partial charge in [-0.05, 0) is 6.92 Å². The summed E-state index contributed by atoms with van der Waals surface area (Å²) in [6.45, 7) is 2.29. The Morgan fingerprint density at radius 2 is 2.40 bits per heavy atom. The summed E-state index contributed by atoms with van der Waals surface area (Å²) in [5.74, 6) is 5.69. The number of halogens is 1. The molecular formula is C8H13ClN4O2. The number of methoxy groups -OCH3 is 1. The minimum atomic E-state index is -0.145. The fourth-order valence-electron chi connectivity index (χ4n) is 0.963. The summed E-state index contributed by atoms with van der Waals surface area (Å²) >= 11 is 5.84. The number of nitrogen functional groups attached to an aromatic ring is 1. The lowest BCUT2D eigenvalue weighted by Crippen LogP contribution is -2.19. The van der Waals surface area contributed by atoms with E-state index in [0.29, 0.717) is 11.6 Å². The molecule has 0 aliphatic carbocycles. The lowest BCUT2D eigenvalue weighted by atomic mass is 10.4. The highest BCUT2D eigenvalue weighted by atomic mass is 35.5. The molecule has 0 aliphatic heterocycles. The van der Waals surface area contributed by atoms with E-state index in [9.17, 15) is 0 Å². The van der Waals surface area contributed by atoms with Crippen molar-refractivity contribution >= 4 is 17.5 Å². The molecule has 0 saturated carbocycles. The van der Waals surface area contributed by atoms with Crippen LogP contribution in [-0.4, -0.2) is 29.8 Å². The average molecular weight is 233 g/mol. The van der Waals surface area contributed by atoms with E-state index in [1.165, 1.54) is 6.20 Å². The Morgan fingerprint density at radius 3 is 3.00 bits per heavy atom. The first-order chi connectivity index (χ1) is 7.17. The van der Waals surface area contributed by atoms with Crippen LogP contribution < -0.4 is 16.0 Å². The number of nitrogens with one attached hydrogen (secondary N) is 1. The molecule has 15 heavy (non-hydrogen) atoms. The highest BCUT2D eigenvalue weighted by Gasteiger charge is 2.10. The number of hydrogen-bond acceptors (Lipinski definition) is 6. The quantitative estimate of drug-likeness (QED) is 0.578. The van der Waals surface area contributed by atoms with E-state index in [0.717, 1.165) is 0 Å². The Morgan fingerprint density at radius 1 is 1.67 bits per heavy atom. The van der Waals surface area contributed by atoms with E-state index >= 15 is 0 Å². The number of ether oxygens (including phenoxy) is 2. The molecule has 1 rings (SSSR count).